The van der Waals surface area contributed by atoms with Crippen LogP contribution < -0.4 is 15.9 Å². The standard InChI is InChI=1S/C49H32NOP/c51-52(35-20-6-2-7-21-35,36-22-8-3-9-23-36)37-24-16-19-34(31-37)44-32-45-46(41-28-13-11-27-40(41)44)47-42-29-14-10-25-38(42)39-26-12-15-30-43(39)49(47)50-48(45)33-17-4-1-5-18-33/h1-32H. The van der Waals surface area contributed by atoms with Gasteiger partial charge in [-0.25, -0.2) is 4.98 Å². The molecule has 0 bridgehead atoms. The third-order valence-electron chi connectivity index (χ3n) is 10.5. The van der Waals surface area contributed by atoms with Crippen LogP contribution in [0.15, 0.2) is 194 Å². The summed E-state index contributed by atoms with van der Waals surface area (Å²) in [6.07, 6.45) is 0. The van der Waals surface area contributed by atoms with Gasteiger partial charge in [0, 0.05) is 43.0 Å². The fraction of sp³-hybridized carbons (Fsp3) is 0. The van der Waals surface area contributed by atoms with E-state index in [0.29, 0.717) is 0 Å². The molecule has 9 aromatic carbocycles. The Bertz CT molecular complexity index is 2990. The Hall–Kier alpha value is -6.34. The average Bonchev–Trinajstić information content (AvgIpc) is 3.23. The third kappa shape index (κ3) is 4.65. The minimum atomic E-state index is -3.19. The topological polar surface area (TPSA) is 30.0 Å². The maximum atomic E-state index is 15.5. The van der Waals surface area contributed by atoms with Gasteiger partial charge in [-0.3, -0.25) is 0 Å². The zero-order chi connectivity index (χ0) is 34.6. The van der Waals surface area contributed by atoms with Crippen LogP contribution in [0.4, 0.5) is 0 Å². The van der Waals surface area contributed by atoms with Crippen LogP contribution in [0.25, 0.3) is 76.4 Å². The van der Waals surface area contributed by atoms with Crippen LogP contribution in [0.3, 0.4) is 0 Å². The molecule has 0 spiro atoms. The maximum Gasteiger partial charge on any atom is 0.171 e. The molecule has 0 radical (unpaired) electrons. The maximum absolute atomic E-state index is 15.5. The first kappa shape index (κ1) is 30.5. The van der Waals surface area contributed by atoms with Gasteiger partial charge in [0.15, 0.2) is 7.14 Å². The van der Waals surface area contributed by atoms with Gasteiger partial charge >= 0.3 is 0 Å². The van der Waals surface area contributed by atoms with Gasteiger partial charge in [-0.15, -0.1) is 0 Å². The van der Waals surface area contributed by atoms with Crippen LogP contribution >= 0.6 is 7.14 Å². The number of rotatable bonds is 5. The molecule has 10 rings (SSSR count). The zero-order valence-electron chi connectivity index (χ0n) is 28.3. The number of pyridine rings is 1. The fourth-order valence-corrected chi connectivity index (χ4v) is 10.8. The van der Waals surface area contributed by atoms with E-state index in [1.54, 1.807) is 0 Å². The summed E-state index contributed by atoms with van der Waals surface area (Å²) in [7, 11) is -3.19. The number of fused-ring (bicyclic) bond motifs is 10. The number of nitrogens with zero attached hydrogens (tertiary/aromatic N) is 1. The molecule has 1 aromatic heterocycles. The largest absolute Gasteiger partial charge is 0.309 e. The molecule has 0 aliphatic carbocycles. The second-order valence-electron chi connectivity index (χ2n) is 13.4. The van der Waals surface area contributed by atoms with E-state index in [9.17, 15) is 0 Å². The molecule has 1 heterocycles. The summed E-state index contributed by atoms with van der Waals surface area (Å²) in [5.41, 5.74) is 5.13. The summed E-state index contributed by atoms with van der Waals surface area (Å²) in [6.45, 7) is 0. The number of benzene rings is 9. The molecule has 0 aliphatic heterocycles. The molecule has 0 unspecified atom stereocenters. The molecule has 0 amide bonds. The van der Waals surface area contributed by atoms with Gasteiger partial charge in [0.25, 0.3) is 0 Å². The van der Waals surface area contributed by atoms with E-state index in [0.717, 1.165) is 65.4 Å². The minimum Gasteiger partial charge on any atom is -0.309 e. The molecule has 244 valence electrons. The predicted molar refractivity (Wildman–Crippen MR) is 222 cm³/mol. The van der Waals surface area contributed by atoms with E-state index in [-0.39, 0.29) is 0 Å². The van der Waals surface area contributed by atoms with Gasteiger partial charge in [-0.05, 0) is 50.2 Å². The van der Waals surface area contributed by atoms with Crippen LogP contribution in [0.5, 0.6) is 0 Å². The SMILES string of the molecule is O=P(c1ccccc1)(c1ccccc1)c1cccc(-c2cc3c(-c4ccccc4)nc4c5ccccc5c5ccccc5c4c3c3ccccc23)c1. The molecule has 3 heteroatoms. The van der Waals surface area contributed by atoms with Crippen molar-refractivity contribution >= 4 is 77.0 Å². The summed E-state index contributed by atoms with van der Waals surface area (Å²) in [6, 6.07) is 67.1. The monoisotopic (exact) mass is 681 g/mol. The molecule has 0 atom stereocenters. The fourth-order valence-electron chi connectivity index (χ4n) is 8.14. The Labute approximate surface area is 302 Å². The van der Waals surface area contributed by atoms with E-state index in [4.69, 9.17) is 4.98 Å². The minimum absolute atomic E-state index is 0.809. The Balaban J connectivity index is 1.34. The molecule has 0 fully saturated rings. The van der Waals surface area contributed by atoms with Crippen molar-refractivity contribution in [3.63, 3.8) is 0 Å². The first-order chi connectivity index (χ1) is 25.7. The first-order valence-electron chi connectivity index (χ1n) is 17.7. The molecular weight excluding hydrogens is 650 g/mol. The Morgan fingerprint density at radius 2 is 0.808 bits per heavy atom. The molecule has 10 aromatic rings. The summed E-state index contributed by atoms with van der Waals surface area (Å²) >= 11 is 0. The van der Waals surface area contributed by atoms with E-state index in [1.807, 2.05) is 66.7 Å². The van der Waals surface area contributed by atoms with Gasteiger partial charge < -0.3 is 4.57 Å². The summed E-state index contributed by atoms with van der Waals surface area (Å²) in [5.74, 6) is 0. The van der Waals surface area contributed by atoms with Gasteiger partial charge in [0.2, 0.25) is 0 Å². The van der Waals surface area contributed by atoms with Crippen LogP contribution in [-0.2, 0) is 4.57 Å². The molecular formula is C49H32NOP. The first-order valence-corrected chi connectivity index (χ1v) is 19.4. The van der Waals surface area contributed by atoms with Gasteiger partial charge in [0.05, 0.1) is 11.2 Å². The van der Waals surface area contributed by atoms with E-state index in [2.05, 4.69) is 127 Å². The number of hydrogen-bond donors (Lipinski definition) is 0. The van der Waals surface area contributed by atoms with Crippen LogP contribution in [-0.4, -0.2) is 4.98 Å². The smallest absolute Gasteiger partial charge is 0.171 e. The average molecular weight is 682 g/mol. The van der Waals surface area contributed by atoms with Crippen molar-refractivity contribution in [1.82, 2.24) is 4.98 Å². The lowest BCUT2D eigenvalue weighted by molar-refractivity contribution is 0.592. The number of aromatic nitrogens is 1. The molecule has 52 heavy (non-hydrogen) atoms. The second kappa shape index (κ2) is 12.2. The number of hydrogen-bond acceptors (Lipinski definition) is 2. The molecule has 0 saturated heterocycles. The lowest BCUT2D eigenvalue weighted by Gasteiger charge is -2.21. The predicted octanol–water partition coefficient (Wildman–Crippen LogP) is 11.8. The third-order valence-corrected chi connectivity index (χ3v) is 13.5. The molecule has 0 N–H and O–H groups in total. The lowest BCUT2D eigenvalue weighted by Crippen LogP contribution is -2.25. The summed E-state index contributed by atoms with van der Waals surface area (Å²) in [5, 5.41) is 13.0. The lowest BCUT2D eigenvalue weighted by atomic mass is 9.87. The van der Waals surface area contributed by atoms with E-state index < -0.39 is 7.14 Å². The highest BCUT2D eigenvalue weighted by molar-refractivity contribution is 7.85. The van der Waals surface area contributed by atoms with Crippen molar-refractivity contribution in [1.29, 1.82) is 0 Å². The van der Waals surface area contributed by atoms with Crippen LogP contribution in [0, 0.1) is 0 Å². The Kier molecular flexibility index (Phi) is 7.13. The van der Waals surface area contributed by atoms with Gasteiger partial charge in [0.1, 0.15) is 0 Å². The van der Waals surface area contributed by atoms with Crippen LogP contribution in [0.1, 0.15) is 0 Å². The van der Waals surface area contributed by atoms with Gasteiger partial charge in [-0.2, -0.15) is 0 Å². The van der Waals surface area contributed by atoms with Crippen molar-refractivity contribution in [3.8, 4) is 22.4 Å². The highest BCUT2D eigenvalue weighted by atomic mass is 31.2. The highest BCUT2D eigenvalue weighted by Crippen LogP contribution is 2.47. The van der Waals surface area contributed by atoms with Crippen LogP contribution in [0.2, 0.25) is 0 Å². The van der Waals surface area contributed by atoms with E-state index >= 15 is 4.57 Å². The molecule has 2 nitrogen and oxygen atoms in total. The van der Waals surface area contributed by atoms with Gasteiger partial charge in [-0.1, -0.05) is 182 Å². The normalized spacial score (nSPS) is 11.9. The Morgan fingerprint density at radius 1 is 0.346 bits per heavy atom. The van der Waals surface area contributed by atoms with E-state index in [1.165, 1.54) is 26.9 Å². The van der Waals surface area contributed by atoms with Crippen molar-refractivity contribution < 1.29 is 4.57 Å². The summed E-state index contributed by atoms with van der Waals surface area (Å²) < 4.78 is 15.5. The van der Waals surface area contributed by atoms with Crippen molar-refractivity contribution in [2.24, 2.45) is 0 Å². The molecule has 0 aliphatic rings. The van der Waals surface area contributed by atoms with Crippen molar-refractivity contribution in [3.05, 3.63) is 194 Å². The van der Waals surface area contributed by atoms with Crippen molar-refractivity contribution in [2.45, 2.75) is 0 Å². The summed E-state index contributed by atoms with van der Waals surface area (Å²) in [4.78, 5) is 5.59. The quantitative estimate of drug-likeness (QED) is 0.134. The zero-order valence-corrected chi connectivity index (χ0v) is 29.2. The second-order valence-corrected chi connectivity index (χ2v) is 16.1. The Morgan fingerprint density at radius 3 is 1.44 bits per heavy atom. The van der Waals surface area contributed by atoms with Crippen molar-refractivity contribution in [2.75, 3.05) is 0 Å². The highest BCUT2D eigenvalue weighted by Gasteiger charge is 2.30. The molecule has 0 saturated carbocycles.